The molecule has 0 aliphatic carbocycles. The summed E-state index contributed by atoms with van der Waals surface area (Å²) in [6.45, 7) is 0. The highest BCUT2D eigenvalue weighted by Crippen LogP contribution is 2.41. The highest BCUT2D eigenvalue weighted by molar-refractivity contribution is 7.39. The van der Waals surface area contributed by atoms with E-state index in [1.807, 2.05) is 0 Å². The maximum Gasteiger partial charge on any atom is 0.391 e. The zero-order valence-electron chi connectivity index (χ0n) is 7.51. The van der Waals surface area contributed by atoms with Crippen molar-refractivity contribution < 1.29 is 24.2 Å². The first-order valence-electron chi connectivity index (χ1n) is 3.71. The minimum absolute atomic E-state index is 0.560. The van der Waals surface area contributed by atoms with Gasteiger partial charge in [-0.1, -0.05) is 6.07 Å². The van der Waals surface area contributed by atoms with Crippen LogP contribution in [0.2, 0.25) is 0 Å². The van der Waals surface area contributed by atoms with Gasteiger partial charge in [0.15, 0.2) is 0 Å². The Hall–Kier alpha value is -1.83. The molecule has 0 aliphatic rings. The van der Waals surface area contributed by atoms with Crippen LogP contribution in [-0.4, -0.2) is 19.6 Å². The summed E-state index contributed by atoms with van der Waals surface area (Å²) in [5.74, 6) is -0.560. The minimum atomic E-state index is -2.88. The van der Waals surface area contributed by atoms with Crippen LogP contribution in [0.25, 0.3) is 0 Å². The lowest BCUT2D eigenvalue weighted by Crippen LogP contribution is -1.99. The molecule has 1 aromatic rings. The van der Waals surface area contributed by atoms with Crippen molar-refractivity contribution in [3.05, 3.63) is 38.4 Å². The maximum absolute atomic E-state index is 10.6. The summed E-state index contributed by atoms with van der Waals surface area (Å²) >= 11 is 0. The van der Waals surface area contributed by atoms with Crippen LogP contribution in [0.5, 0.6) is 5.75 Å². The molecule has 0 saturated carbocycles. The second kappa shape index (κ2) is 4.79. The third-order valence-electron chi connectivity index (χ3n) is 1.54. The van der Waals surface area contributed by atoms with Gasteiger partial charge in [0.05, 0.1) is 9.85 Å². The number of hydrogen-bond donors (Lipinski definition) is 2. The van der Waals surface area contributed by atoms with Gasteiger partial charge in [0.2, 0.25) is 5.75 Å². The molecule has 9 nitrogen and oxygen atoms in total. The molecule has 0 aliphatic heterocycles. The van der Waals surface area contributed by atoms with Crippen LogP contribution in [0.15, 0.2) is 18.2 Å². The van der Waals surface area contributed by atoms with Crippen LogP contribution in [0.3, 0.4) is 0 Å². The van der Waals surface area contributed by atoms with E-state index in [0.29, 0.717) is 0 Å². The summed E-state index contributed by atoms with van der Waals surface area (Å²) in [7, 11) is -2.88. The molecule has 1 aromatic carbocycles. The molecule has 0 unspecified atom stereocenters. The molecule has 1 rings (SSSR count). The zero-order chi connectivity index (χ0) is 12.3. The fraction of sp³-hybridized carbons (Fsp3) is 0. The molecule has 0 fully saturated rings. The van der Waals surface area contributed by atoms with Gasteiger partial charge < -0.3 is 14.3 Å². The van der Waals surface area contributed by atoms with Crippen LogP contribution in [-0.2, 0) is 0 Å². The average Bonchev–Trinajstić information content (AvgIpc) is 2.15. The van der Waals surface area contributed by atoms with E-state index in [0.717, 1.165) is 18.2 Å². The lowest BCUT2D eigenvalue weighted by molar-refractivity contribution is -0.422. The lowest BCUT2D eigenvalue weighted by Gasteiger charge is -2.05. The molecule has 0 atom stereocenters. The van der Waals surface area contributed by atoms with Crippen LogP contribution in [0.1, 0.15) is 0 Å². The SMILES string of the molecule is O=[N+]([O-])c1cccc(OP(O)O)c1[N+](=O)[O-]. The van der Waals surface area contributed by atoms with Gasteiger partial charge in [0.1, 0.15) is 0 Å². The molecule has 0 saturated heterocycles. The van der Waals surface area contributed by atoms with Crippen LogP contribution < -0.4 is 4.52 Å². The van der Waals surface area contributed by atoms with E-state index in [1.165, 1.54) is 0 Å². The fourth-order valence-corrected chi connectivity index (χ4v) is 1.33. The first kappa shape index (κ1) is 12.2. The van der Waals surface area contributed by atoms with Crippen LogP contribution in [0.4, 0.5) is 11.4 Å². The first-order valence-corrected chi connectivity index (χ1v) is 4.87. The predicted octanol–water partition coefficient (Wildman–Crippen LogP) is 1.09. The molecule has 0 heterocycles. The molecule has 16 heavy (non-hydrogen) atoms. The molecule has 2 N–H and O–H groups in total. The Bertz CT molecular complexity index is 435. The van der Waals surface area contributed by atoms with Crippen LogP contribution >= 0.6 is 8.60 Å². The number of nitro benzene ring substituents is 2. The van der Waals surface area contributed by atoms with Gasteiger partial charge in [-0.3, -0.25) is 20.2 Å². The van der Waals surface area contributed by atoms with Crippen molar-refractivity contribution in [3.63, 3.8) is 0 Å². The van der Waals surface area contributed by atoms with Gasteiger partial charge in [-0.25, -0.2) is 0 Å². The normalized spacial score (nSPS) is 10.2. The van der Waals surface area contributed by atoms with Crippen LogP contribution in [0, 0.1) is 20.2 Å². The lowest BCUT2D eigenvalue weighted by atomic mass is 10.2. The Morgan fingerprint density at radius 1 is 1.19 bits per heavy atom. The molecular formula is C6H5N2O7P. The molecule has 0 spiro atoms. The van der Waals surface area contributed by atoms with Crippen molar-refractivity contribution in [2.24, 2.45) is 0 Å². The number of nitro groups is 2. The quantitative estimate of drug-likeness (QED) is 0.462. The van der Waals surface area contributed by atoms with Gasteiger partial charge in [-0.15, -0.1) is 0 Å². The van der Waals surface area contributed by atoms with E-state index in [1.54, 1.807) is 0 Å². The summed E-state index contributed by atoms with van der Waals surface area (Å²) in [6.07, 6.45) is 0. The molecule has 0 aromatic heterocycles. The second-order valence-electron chi connectivity index (χ2n) is 2.48. The van der Waals surface area contributed by atoms with E-state index in [-0.39, 0.29) is 0 Å². The van der Waals surface area contributed by atoms with Gasteiger partial charge in [-0.2, -0.15) is 0 Å². The summed E-state index contributed by atoms with van der Waals surface area (Å²) in [6, 6.07) is 3.09. The molecule has 10 heteroatoms. The fourth-order valence-electron chi connectivity index (χ4n) is 1.00. The maximum atomic E-state index is 10.6. The standard InChI is InChI=1S/C6H5N2O7P/c9-7(10)4-2-1-3-5(15-16(13)14)6(4)8(11)12/h1-3,13-14H. The topological polar surface area (TPSA) is 136 Å². The van der Waals surface area contributed by atoms with Crippen molar-refractivity contribution >= 4 is 20.0 Å². The smallest absolute Gasteiger partial charge is 0.391 e. The Balaban J connectivity index is 3.32. The number of para-hydroxylation sites is 1. The summed E-state index contributed by atoms with van der Waals surface area (Å²) in [5.41, 5.74) is -1.69. The molecule has 86 valence electrons. The second-order valence-corrected chi connectivity index (χ2v) is 3.17. The van der Waals surface area contributed by atoms with Gasteiger partial charge in [0, 0.05) is 6.07 Å². The molecule has 0 bridgehead atoms. The summed E-state index contributed by atoms with van der Waals surface area (Å²) < 4.78 is 4.33. The number of nitrogens with zero attached hydrogens (tertiary/aromatic N) is 2. The highest BCUT2D eigenvalue weighted by Gasteiger charge is 2.30. The zero-order valence-corrected chi connectivity index (χ0v) is 8.40. The average molecular weight is 248 g/mol. The van der Waals surface area contributed by atoms with Crippen molar-refractivity contribution in [2.45, 2.75) is 0 Å². The van der Waals surface area contributed by atoms with E-state index >= 15 is 0 Å². The summed E-state index contributed by atoms with van der Waals surface area (Å²) in [5, 5.41) is 21.1. The molecule has 0 radical (unpaired) electrons. The van der Waals surface area contributed by atoms with Gasteiger partial charge in [0.25, 0.3) is 0 Å². The Morgan fingerprint density at radius 3 is 2.25 bits per heavy atom. The van der Waals surface area contributed by atoms with E-state index in [9.17, 15) is 20.2 Å². The van der Waals surface area contributed by atoms with Gasteiger partial charge >= 0.3 is 20.0 Å². The Labute approximate surface area is 89.2 Å². The Morgan fingerprint density at radius 2 is 1.81 bits per heavy atom. The number of hydrogen-bond acceptors (Lipinski definition) is 7. The van der Waals surface area contributed by atoms with Gasteiger partial charge in [-0.05, 0) is 6.07 Å². The predicted molar refractivity (Wildman–Crippen MR) is 51.7 cm³/mol. The number of benzene rings is 1. The molecular weight excluding hydrogens is 243 g/mol. The minimum Gasteiger partial charge on any atom is -0.419 e. The number of rotatable bonds is 4. The largest absolute Gasteiger partial charge is 0.419 e. The van der Waals surface area contributed by atoms with Crippen molar-refractivity contribution in [1.29, 1.82) is 0 Å². The van der Waals surface area contributed by atoms with E-state index in [2.05, 4.69) is 4.52 Å². The van der Waals surface area contributed by atoms with Crippen molar-refractivity contribution in [2.75, 3.05) is 0 Å². The third-order valence-corrected chi connectivity index (χ3v) is 1.90. The summed E-state index contributed by atoms with van der Waals surface area (Å²) in [4.78, 5) is 36.2. The van der Waals surface area contributed by atoms with E-state index < -0.39 is 35.6 Å². The first-order chi connectivity index (χ1) is 7.43. The monoisotopic (exact) mass is 248 g/mol. The van der Waals surface area contributed by atoms with E-state index in [4.69, 9.17) is 9.79 Å². The highest BCUT2D eigenvalue weighted by atomic mass is 31.2. The van der Waals surface area contributed by atoms with Crippen molar-refractivity contribution in [3.8, 4) is 5.75 Å². The molecule has 0 amide bonds. The van der Waals surface area contributed by atoms with Crippen molar-refractivity contribution in [1.82, 2.24) is 0 Å². The Kier molecular flexibility index (Phi) is 3.67. The third kappa shape index (κ3) is 2.60.